The summed E-state index contributed by atoms with van der Waals surface area (Å²) in [4.78, 5) is 4.40. The van der Waals surface area contributed by atoms with Crippen LogP contribution in [0.2, 0.25) is 0 Å². The van der Waals surface area contributed by atoms with E-state index in [2.05, 4.69) is 75.5 Å². The lowest BCUT2D eigenvalue weighted by Gasteiger charge is -2.13. The van der Waals surface area contributed by atoms with Crippen LogP contribution in [-0.4, -0.2) is 18.1 Å². The fraction of sp³-hybridized carbons (Fsp3) is 0.172. The summed E-state index contributed by atoms with van der Waals surface area (Å²) in [6.45, 7) is 2.70. The number of hydrogen-bond donors (Lipinski definition) is 3. The van der Waals surface area contributed by atoms with Crippen LogP contribution in [0.1, 0.15) is 12.1 Å². The van der Waals surface area contributed by atoms with Gasteiger partial charge < -0.3 is 16.8 Å². The number of nitrogens with two attached hydrogens (primary N) is 2. The Bertz CT molecular complexity index is 1420. The van der Waals surface area contributed by atoms with Crippen LogP contribution in [0.3, 0.4) is 0 Å². The molecule has 0 bridgehead atoms. The van der Waals surface area contributed by atoms with Crippen LogP contribution in [0, 0.1) is 0 Å². The molecule has 5 nitrogen and oxygen atoms in total. The minimum atomic E-state index is 0. The molecule has 5 aromatic rings. The van der Waals surface area contributed by atoms with Crippen LogP contribution in [-0.2, 0) is 13.0 Å². The number of anilines is 2. The Labute approximate surface area is 212 Å². The molecule has 5 rings (SSSR count). The molecule has 178 valence electrons. The molecule has 2 aromatic heterocycles. The van der Waals surface area contributed by atoms with Crippen molar-refractivity contribution in [1.82, 2.24) is 10.3 Å². The maximum Gasteiger partial charge on any atom is 0.220 e. The quantitative estimate of drug-likeness (QED) is 0.123. The summed E-state index contributed by atoms with van der Waals surface area (Å²) >= 11 is 0. The van der Waals surface area contributed by atoms with E-state index in [4.69, 9.17) is 11.5 Å². The van der Waals surface area contributed by atoms with E-state index >= 15 is 0 Å². The Kier molecular flexibility index (Phi) is 7.80. The number of aromatic nitrogens is 2. The molecule has 35 heavy (non-hydrogen) atoms. The van der Waals surface area contributed by atoms with Crippen LogP contribution in [0.25, 0.3) is 32.9 Å². The first-order chi connectivity index (χ1) is 16.7. The predicted octanol–water partition coefficient (Wildman–Crippen LogP) is 5.15. The zero-order valence-electron chi connectivity index (χ0n) is 19.7. The standard InChI is InChI=1S/C29H29N5.ClH/c30-22-10-12-25-26-13-11-23(31)20-28(26)34(29(27(25)19-22)21-7-2-1-3-8-21)18-6-15-32-17-14-24-9-4-5-16-33-24;/h1-5,7-13,16,19-20,31-32H,6,14-15,17-18,30H2;1H/p+1. The fourth-order valence-corrected chi connectivity index (χ4v) is 4.65. The highest BCUT2D eigenvalue weighted by molar-refractivity contribution is 6.10. The lowest BCUT2D eigenvalue weighted by molar-refractivity contribution is -0.659. The zero-order chi connectivity index (χ0) is 23.3. The molecule has 0 saturated heterocycles. The molecule has 0 spiro atoms. The van der Waals surface area contributed by atoms with Gasteiger partial charge >= 0.3 is 0 Å². The number of nitrogen functional groups attached to an aromatic ring is 2. The largest absolute Gasteiger partial charge is 0.399 e. The molecule has 0 fully saturated rings. The van der Waals surface area contributed by atoms with Crippen LogP contribution in [0.15, 0.2) is 91.1 Å². The van der Waals surface area contributed by atoms with Crippen molar-refractivity contribution in [2.24, 2.45) is 0 Å². The van der Waals surface area contributed by atoms with Crippen molar-refractivity contribution in [1.29, 1.82) is 0 Å². The molecule has 0 radical (unpaired) electrons. The Morgan fingerprint density at radius 1 is 0.743 bits per heavy atom. The van der Waals surface area contributed by atoms with Gasteiger partial charge in [0.15, 0.2) is 6.54 Å². The summed E-state index contributed by atoms with van der Waals surface area (Å²) in [6, 6.07) is 29.0. The minimum Gasteiger partial charge on any atom is -0.399 e. The van der Waals surface area contributed by atoms with E-state index in [1.54, 1.807) is 0 Å². The lowest BCUT2D eigenvalue weighted by atomic mass is 9.98. The van der Waals surface area contributed by atoms with Gasteiger partial charge in [-0.15, -0.1) is 12.4 Å². The molecule has 0 aliphatic heterocycles. The highest BCUT2D eigenvalue weighted by Crippen LogP contribution is 2.33. The van der Waals surface area contributed by atoms with Gasteiger partial charge in [-0.1, -0.05) is 30.3 Å². The van der Waals surface area contributed by atoms with Crippen LogP contribution in [0.4, 0.5) is 11.4 Å². The van der Waals surface area contributed by atoms with E-state index in [1.807, 2.05) is 30.5 Å². The summed E-state index contributed by atoms with van der Waals surface area (Å²) in [5.41, 5.74) is 18.6. The van der Waals surface area contributed by atoms with Crippen molar-refractivity contribution in [3.8, 4) is 11.3 Å². The molecule has 0 atom stereocenters. The Morgan fingerprint density at radius 2 is 1.49 bits per heavy atom. The van der Waals surface area contributed by atoms with E-state index in [-0.39, 0.29) is 12.4 Å². The normalized spacial score (nSPS) is 11.0. The van der Waals surface area contributed by atoms with Gasteiger partial charge in [-0.2, -0.15) is 4.57 Å². The lowest BCUT2D eigenvalue weighted by Crippen LogP contribution is -2.39. The second kappa shape index (κ2) is 11.2. The highest BCUT2D eigenvalue weighted by Gasteiger charge is 2.23. The topological polar surface area (TPSA) is 80.8 Å². The third-order valence-corrected chi connectivity index (χ3v) is 6.24. The number of nitrogens with one attached hydrogen (secondary N) is 1. The molecule has 0 aliphatic carbocycles. The molecule has 0 unspecified atom stereocenters. The zero-order valence-corrected chi connectivity index (χ0v) is 20.5. The average Bonchev–Trinajstić information content (AvgIpc) is 2.87. The fourth-order valence-electron chi connectivity index (χ4n) is 4.65. The number of pyridine rings is 2. The second-order valence-electron chi connectivity index (χ2n) is 8.62. The Morgan fingerprint density at radius 3 is 2.26 bits per heavy atom. The average molecular weight is 485 g/mol. The van der Waals surface area contributed by atoms with Gasteiger partial charge in [0.05, 0.1) is 10.8 Å². The number of halogens is 1. The van der Waals surface area contributed by atoms with Gasteiger partial charge in [0.2, 0.25) is 11.2 Å². The van der Waals surface area contributed by atoms with Gasteiger partial charge in [-0.3, -0.25) is 4.98 Å². The van der Waals surface area contributed by atoms with Crippen molar-refractivity contribution in [2.75, 3.05) is 24.6 Å². The molecule has 0 saturated carbocycles. The first kappa shape index (κ1) is 24.5. The number of aryl methyl sites for hydroxylation is 1. The molecular formula is C29H31ClN5+. The summed E-state index contributed by atoms with van der Waals surface area (Å²) in [5.74, 6) is 0. The van der Waals surface area contributed by atoms with E-state index in [1.165, 1.54) is 22.0 Å². The Balaban J connectivity index is 0.00000289. The van der Waals surface area contributed by atoms with Gasteiger partial charge in [-0.05, 0) is 48.5 Å². The van der Waals surface area contributed by atoms with E-state index in [9.17, 15) is 0 Å². The number of rotatable bonds is 8. The summed E-state index contributed by atoms with van der Waals surface area (Å²) in [6.07, 6.45) is 3.77. The highest BCUT2D eigenvalue weighted by atomic mass is 35.5. The van der Waals surface area contributed by atoms with Gasteiger partial charge in [0.25, 0.3) is 0 Å². The maximum atomic E-state index is 6.25. The third-order valence-electron chi connectivity index (χ3n) is 6.24. The smallest absolute Gasteiger partial charge is 0.220 e. The molecule has 0 aliphatic rings. The van der Waals surface area contributed by atoms with E-state index in [0.717, 1.165) is 60.4 Å². The van der Waals surface area contributed by atoms with Gasteiger partial charge in [0, 0.05) is 66.2 Å². The summed E-state index contributed by atoms with van der Waals surface area (Å²) < 4.78 is 2.41. The first-order valence-electron chi connectivity index (χ1n) is 11.8. The van der Waals surface area contributed by atoms with Crippen molar-refractivity contribution < 1.29 is 4.57 Å². The second-order valence-corrected chi connectivity index (χ2v) is 8.62. The Hall–Kier alpha value is -3.67. The third kappa shape index (κ3) is 5.37. The number of hydrogen-bond acceptors (Lipinski definition) is 4. The van der Waals surface area contributed by atoms with Crippen LogP contribution >= 0.6 is 12.4 Å². The monoisotopic (exact) mass is 484 g/mol. The van der Waals surface area contributed by atoms with Crippen LogP contribution in [0.5, 0.6) is 0 Å². The minimum absolute atomic E-state index is 0. The van der Waals surface area contributed by atoms with Crippen LogP contribution < -0.4 is 21.4 Å². The molecule has 0 amide bonds. The number of nitrogens with zero attached hydrogens (tertiary/aromatic N) is 2. The van der Waals surface area contributed by atoms with Crippen molar-refractivity contribution in [3.05, 3.63) is 96.8 Å². The van der Waals surface area contributed by atoms with Gasteiger partial charge in [0.1, 0.15) is 0 Å². The maximum absolute atomic E-state index is 6.25. The number of benzene rings is 3. The van der Waals surface area contributed by atoms with Crippen molar-refractivity contribution >= 4 is 45.5 Å². The van der Waals surface area contributed by atoms with Crippen molar-refractivity contribution in [3.63, 3.8) is 0 Å². The molecule has 5 N–H and O–H groups in total. The van der Waals surface area contributed by atoms with E-state index in [0.29, 0.717) is 0 Å². The SMILES string of the molecule is Cl.Nc1ccc2c(c1)c(-c1ccccc1)[n+](CCCNCCc1ccccn1)c1cc(N)ccc21. The summed E-state index contributed by atoms with van der Waals surface area (Å²) in [5, 5.41) is 7.10. The van der Waals surface area contributed by atoms with E-state index < -0.39 is 0 Å². The predicted molar refractivity (Wildman–Crippen MR) is 149 cm³/mol. The summed E-state index contributed by atoms with van der Waals surface area (Å²) in [7, 11) is 0. The molecular weight excluding hydrogens is 454 g/mol. The first-order valence-corrected chi connectivity index (χ1v) is 11.8. The van der Waals surface area contributed by atoms with Crippen molar-refractivity contribution in [2.45, 2.75) is 19.4 Å². The molecule has 2 heterocycles. The molecule has 6 heteroatoms. The molecule has 3 aromatic carbocycles. The number of fused-ring (bicyclic) bond motifs is 3. The van der Waals surface area contributed by atoms with Gasteiger partial charge in [-0.25, -0.2) is 0 Å².